The molecule has 6 heteroatoms. The minimum atomic E-state index is -0.440. The molecule has 0 aromatic rings. The van der Waals surface area contributed by atoms with Gasteiger partial charge < -0.3 is 24.8 Å². The minimum absolute atomic E-state index is 0.213. The van der Waals surface area contributed by atoms with Gasteiger partial charge in [-0.05, 0) is 59.4 Å². The SMILES string of the molecule is CC(C)(C)OC(=O)NC1CCC(OCCCNC2COC2)CC1. The zero-order valence-corrected chi connectivity index (χ0v) is 14.7. The molecule has 1 saturated carbocycles. The normalized spacial score (nSPS) is 25.7. The Hall–Kier alpha value is -0.850. The lowest BCUT2D eigenvalue weighted by Gasteiger charge is -2.30. The van der Waals surface area contributed by atoms with Crippen molar-refractivity contribution in [2.24, 2.45) is 0 Å². The molecule has 2 rings (SSSR count). The molecule has 1 heterocycles. The number of carbonyl (C=O) groups is 1. The Morgan fingerprint density at radius 1 is 1.13 bits per heavy atom. The highest BCUT2D eigenvalue weighted by Gasteiger charge is 2.25. The highest BCUT2D eigenvalue weighted by atomic mass is 16.6. The molecule has 1 saturated heterocycles. The molecule has 2 fully saturated rings. The Kier molecular flexibility index (Phi) is 7.11. The zero-order chi connectivity index (χ0) is 16.7. The summed E-state index contributed by atoms with van der Waals surface area (Å²) in [6, 6.07) is 0.759. The fourth-order valence-corrected chi connectivity index (χ4v) is 2.83. The summed E-state index contributed by atoms with van der Waals surface area (Å²) in [5, 5.41) is 6.40. The summed E-state index contributed by atoms with van der Waals surface area (Å²) < 4.78 is 16.3. The van der Waals surface area contributed by atoms with Crippen LogP contribution in [0.5, 0.6) is 0 Å². The van der Waals surface area contributed by atoms with Crippen LogP contribution < -0.4 is 10.6 Å². The topological polar surface area (TPSA) is 68.8 Å². The van der Waals surface area contributed by atoms with Crippen LogP contribution in [0.4, 0.5) is 4.79 Å². The molecule has 0 unspecified atom stereocenters. The van der Waals surface area contributed by atoms with Crippen molar-refractivity contribution < 1.29 is 19.0 Å². The van der Waals surface area contributed by atoms with E-state index in [1.807, 2.05) is 20.8 Å². The molecule has 23 heavy (non-hydrogen) atoms. The molecule has 0 atom stereocenters. The molecule has 1 aliphatic heterocycles. The van der Waals surface area contributed by atoms with Crippen molar-refractivity contribution in [3.8, 4) is 0 Å². The highest BCUT2D eigenvalue weighted by Crippen LogP contribution is 2.21. The summed E-state index contributed by atoms with van der Waals surface area (Å²) in [6.45, 7) is 9.11. The summed E-state index contributed by atoms with van der Waals surface area (Å²) in [5.74, 6) is 0. The number of ether oxygens (including phenoxy) is 3. The summed E-state index contributed by atoms with van der Waals surface area (Å²) in [5.41, 5.74) is -0.440. The largest absolute Gasteiger partial charge is 0.444 e. The standard InChI is InChI=1S/C17H32N2O4/c1-17(2,3)23-16(20)19-13-5-7-15(8-6-13)22-10-4-9-18-14-11-21-12-14/h13-15,18H,4-12H2,1-3H3,(H,19,20). The highest BCUT2D eigenvalue weighted by molar-refractivity contribution is 5.68. The van der Waals surface area contributed by atoms with Gasteiger partial charge in [0.25, 0.3) is 0 Å². The van der Waals surface area contributed by atoms with Gasteiger partial charge >= 0.3 is 6.09 Å². The summed E-state index contributed by atoms with van der Waals surface area (Å²) >= 11 is 0. The number of hydrogen-bond acceptors (Lipinski definition) is 5. The molecule has 0 spiro atoms. The molecule has 2 aliphatic rings. The van der Waals surface area contributed by atoms with E-state index < -0.39 is 5.60 Å². The molecule has 0 aromatic heterocycles. The second-order valence-electron chi connectivity index (χ2n) is 7.53. The van der Waals surface area contributed by atoms with Crippen molar-refractivity contribution in [2.75, 3.05) is 26.4 Å². The van der Waals surface area contributed by atoms with Crippen LogP contribution in [-0.2, 0) is 14.2 Å². The lowest BCUT2D eigenvalue weighted by atomic mass is 9.93. The van der Waals surface area contributed by atoms with Crippen molar-refractivity contribution in [3.63, 3.8) is 0 Å². The van der Waals surface area contributed by atoms with Crippen LogP contribution in [0, 0.1) is 0 Å². The van der Waals surface area contributed by atoms with Crippen LogP contribution in [-0.4, -0.2) is 56.2 Å². The number of amides is 1. The van der Waals surface area contributed by atoms with Gasteiger partial charge in [0, 0.05) is 12.6 Å². The Labute approximate surface area is 139 Å². The van der Waals surface area contributed by atoms with Crippen LogP contribution in [0.15, 0.2) is 0 Å². The van der Waals surface area contributed by atoms with Crippen molar-refractivity contribution in [3.05, 3.63) is 0 Å². The van der Waals surface area contributed by atoms with E-state index in [9.17, 15) is 4.79 Å². The average molecular weight is 328 g/mol. The quantitative estimate of drug-likeness (QED) is 0.701. The molecular formula is C17H32N2O4. The fraction of sp³-hybridized carbons (Fsp3) is 0.941. The number of carbonyl (C=O) groups excluding carboxylic acids is 1. The van der Waals surface area contributed by atoms with E-state index in [2.05, 4.69) is 10.6 Å². The van der Waals surface area contributed by atoms with E-state index in [-0.39, 0.29) is 12.1 Å². The van der Waals surface area contributed by atoms with E-state index in [1.54, 1.807) is 0 Å². The summed E-state index contributed by atoms with van der Waals surface area (Å²) in [7, 11) is 0. The van der Waals surface area contributed by atoms with Gasteiger partial charge in [-0.3, -0.25) is 0 Å². The maximum atomic E-state index is 11.8. The average Bonchev–Trinajstić information content (AvgIpc) is 2.40. The number of nitrogens with one attached hydrogen (secondary N) is 2. The van der Waals surface area contributed by atoms with Gasteiger partial charge in [0.1, 0.15) is 5.60 Å². The van der Waals surface area contributed by atoms with Crippen LogP contribution in [0.25, 0.3) is 0 Å². The molecule has 134 valence electrons. The first-order valence-corrected chi connectivity index (χ1v) is 8.84. The Balaban J connectivity index is 1.49. The molecule has 0 bridgehead atoms. The van der Waals surface area contributed by atoms with Gasteiger partial charge in [-0.2, -0.15) is 0 Å². The minimum Gasteiger partial charge on any atom is -0.444 e. The first kappa shape index (κ1) is 18.5. The van der Waals surface area contributed by atoms with Crippen LogP contribution in [0.2, 0.25) is 0 Å². The van der Waals surface area contributed by atoms with Crippen LogP contribution in [0.3, 0.4) is 0 Å². The molecule has 0 aromatic carbocycles. The smallest absolute Gasteiger partial charge is 0.407 e. The Morgan fingerprint density at radius 2 is 1.83 bits per heavy atom. The molecule has 1 amide bonds. The van der Waals surface area contributed by atoms with Crippen molar-refractivity contribution in [1.29, 1.82) is 0 Å². The lowest BCUT2D eigenvalue weighted by Crippen LogP contribution is -2.46. The third kappa shape index (κ3) is 7.50. The number of hydrogen-bond donors (Lipinski definition) is 2. The summed E-state index contributed by atoms with van der Waals surface area (Å²) in [4.78, 5) is 11.8. The zero-order valence-electron chi connectivity index (χ0n) is 14.7. The maximum Gasteiger partial charge on any atom is 0.407 e. The molecule has 2 N–H and O–H groups in total. The molecule has 1 aliphatic carbocycles. The predicted octanol–water partition coefficient (Wildman–Crippen LogP) is 2.22. The molecule has 6 nitrogen and oxygen atoms in total. The third-order valence-electron chi connectivity index (χ3n) is 4.14. The van der Waals surface area contributed by atoms with E-state index >= 15 is 0 Å². The van der Waals surface area contributed by atoms with Crippen LogP contribution in [0.1, 0.15) is 52.9 Å². The predicted molar refractivity (Wildman–Crippen MR) is 88.6 cm³/mol. The van der Waals surface area contributed by atoms with E-state index in [0.717, 1.165) is 58.5 Å². The van der Waals surface area contributed by atoms with Gasteiger partial charge in [0.2, 0.25) is 0 Å². The van der Waals surface area contributed by atoms with Crippen molar-refractivity contribution in [2.45, 2.75) is 76.7 Å². The van der Waals surface area contributed by atoms with E-state index in [0.29, 0.717) is 12.1 Å². The molecular weight excluding hydrogens is 296 g/mol. The molecule has 0 radical (unpaired) electrons. The van der Waals surface area contributed by atoms with Gasteiger partial charge in [0.15, 0.2) is 0 Å². The first-order chi connectivity index (χ1) is 10.9. The van der Waals surface area contributed by atoms with Crippen LogP contribution >= 0.6 is 0 Å². The second-order valence-corrected chi connectivity index (χ2v) is 7.53. The van der Waals surface area contributed by atoms with Gasteiger partial charge in [-0.1, -0.05) is 0 Å². The third-order valence-corrected chi connectivity index (χ3v) is 4.14. The lowest BCUT2D eigenvalue weighted by molar-refractivity contribution is -0.00872. The van der Waals surface area contributed by atoms with Crippen molar-refractivity contribution in [1.82, 2.24) is 10.6 Å². The first-order valence-electron chi connectivity index (χ1n) is 8.84. The van der Waals surface area contributed by atoms with E-state index in [4.69, 9.17) is 14.2 Å². The van der Waals surface area contributed by atoms with Gasteiger partial charge in [0.05, 0.1) is 25.4 Å². The van der Waals surface area contributed by atoms with E-state index in [1.165, 1.54) is 0 Å². The van der Waals surface area contributed by atoms with Gasteiger partial charge in [-0.15, -0.1) is 0 Å². The van der Waals surface area contributed by atoms with Gasteiger partial charge in [-0.25, -0.2) is 4.79 Å². The summed E-state index contributed by atoms with van der Waals surface area (Å²) in [6.07, 6.45) is 4.98. The second kappa shape index (κ2) is 8.85. The Bertz CT molecular complexity index is 358. The maximum absolute atomic E-state index is 11.8. The Morgan fingerprint density at radius 3 is 2.39 bits per heavy atom. The number of rotatable bonds is 7. The number of alkyl carbamates (subject to hydrolysis) is 1. The monoisotopic (exact) mass is 328 g/mol. The van der Waals surface area contributed by atoms with Crippen molar-refractivity contribution >= 4 is 6.09 Å². The fourth-order valence-electron chi connectivity index (χ4n) is 2.83.